The molecule has 0 bridgehead atoms. The number of aromatic nitrogens is 1. The number of benzene rings is 1. The topological polar surface area (TPSA) is 126 Å². The van der Waals surface area contributed by atoms with Crippen LogP contribution in [0.4, 0.5) is 20.3 Å². The summed E-state index contributed by atoms with van der Waals surface area (Å²) in [6.07, 6.45) is 0.929. The van der Waals surface area contributed by atoms with Gasteiger partial charge >= 0.3 is 5.92 Å². The summed E-state index contributed by atoms with van der Waals surface area (Å²) in [6, 6.07) is 7.18. The van der Waals surface area contributed by atoms with E-state index in [9.17, 15) is 13.2 Å². The summed E-state index contributed by atoms with van der Waals surface area (Å²) in [4.78, 5) is 20.9. The SMILES string of the molecule is O=C1CC(NC2CCNCC2)C2COc3cc(S(=O)(=O)N4CCN(c5cc(C(F)(F)[C@@H]6COCCO6)cc(Cl)n5)CC4)ccc3N12. The van der Waals surface area contributed by atoms with Crippen molar-refractivity contribution in [3.63, 3.8) is 0 Å². The third kappa shape index (κ3) is 6.06. The number of rotatable bonds is 7. The van der Waals surface area contributed by atoms with Crippen LogP contribution in [0.1, 0.15) is 24.8 Å². The zero-order valence-corrected chi connectivity index (χ0v) is 26.7. The van der Waals surface area contributed by atoms with Crippen molar-refractivity contribution < 1.29 is 36.2 Å². The number of nitrogens with one attached hydrogen (secondary N) is 2. The van der Waals surface area contributed by atoms with Crippen molar-refractivity contribution in [3.05, 3.63) is 41.0 Å². The molecule has 5 aliphatic rings. The van der Waals surface area contributed by atoms with Gasteiger partial charge in [-0.3, -0.25) is 4.79 Å². The van der Waals surface area contributed by atoms with Gasteiger partial charge in [-0.1, -0.05) is 11.6 Å². The fraction of sp³-hybridized carbons (Fsp3) is 0.600. The quantitative estimate of drug-likeness (QED) is 0.419. The first kappa shape index (κ1) is 31.9. The van der Waals surface area contributed by atoms with Crippen molar-refractivity contribution in [1.29, 1.82) is 0 Å². The number of carbonyl (C=O) groups is 1. The molecule has 0 saturated carbocycles. The Morgan fingerprint density at radius 2 is 1.83 bits per heavy atom. The Bertz CT molecular complexity index is 1570. The Labute approximate surface area is 271 Å². The third-order valence-electron chi connectivity index (χ3n) is 9.43. The van der Waals surface area contributed by atoms with Crippen LogP contribution in [0.3, 0.4) is 0 Å². The number of anilines is 2. The van der Waals surface area contributed by atoms with Crippen LogP contribution in [0, 0.1) is 0 Å². The van der Waals surface area contributed by atoms with Crippen LogP contribution in [0.5, 0.6) is 5.75 Å². The van der Waals surface area contributed by atoms with E-state index >= 15 is 8.78 Å². The van der Waals surface area contributed by atoms with Crippen LogP contribution < -0.4 is 25.2 Å². The normalized spacial score (nSPS) is 26.5. The van der Waals surface area contributed by atoms with Crippen molar-refractivity contribution >= 4 is 39.0 Å². The molecule has 6 heterocycles. The van der Waals surface area contributed by atoms with E-state index in [0.29, 0.717) is 23.9 Å². The van der Waals surface area contributed by atoms with E-state index in [4.69, 9.17) is 25.8 Å². The number of sulfonamides is 1. The van der Waals surface area contributed by atoms with Crippen molar-refractivity contribution in [2.75, 3.05) is 75.5 Å². The summed E-state index contributed by atoms with van der Waals surface area (Å²) < 4.78 is 75.8. The first-order chi connectivity index (χ1) is 22.1. The van der Waals surface area contributed by atoms with Gasteiger partial charge in [0.15, 0.2) is 0 Å². The number of alkyl halides is 2. The lowest BCUT2D eigenvalue weighted by molar-refractivity contribution is -0.199. The Kier molecular flexibility index (Phi) is 8.84. The van der Waals surface area contributed by atoms with Gasteiger partial charge in [0.05, 0.1) is 36.4 Å². The molecule has 2 unspecified atom stereocenters. The van der Waals surface area contributed by atoms with Gasteiger partial charge in [0.1, 0.15) is 29.4 Å². The summed E-state index contributed by atoms with van der Waals surface area (Å²) in [5.74, 6) is -2.78. The van der Waals surface area contributed by atoms with Crippen LogP contribution >= 0.6 is 11.6 Å². The van der Waals surface area contributed by atoms with Crippen LogP contribution in [0.25, 0.3) is 0 Å². The Morgan fingerprint density at radius 3 is 2.57 bits per heavy atom. The maximum atomic E-state index is 15.3. The average molecular weight is 683 g/mol. The molecule has 1 amide bonds. The Morgan fingerprint density at radius 1 is 1.04 bits per heavy atom. The lowest BCUT2D eigenvalue weighted by Crippen LogP contribution is -2.53. The highest BCUT2D eigenvalue weighted by Gasteiger charge is 2.46. The van der Waals surface area contributed by atoms with Gasteiger partial charge in [0.25, 0.3) is 0 Å². The molecule has 3 atom stereocenters. The number of pyridine rings is 1. The number of ether oxygens (including phenoxy) is 3. The average Bonchev–Trinajstić information content (AvgIpc) is 3.39. The van der Waals surface area contributed by atoms with Crippen molar-refractivity contribution in [2.24, 2.45) is 0 Å². The molecule has 2 N–H and O–H groups in total. The molecule has 0 radical (unpaired) electrons. The molecule has 1 aromatic carbocycles. The minimum absolute atomic E-state index is 0.0112. The highest BCUT2D eigenvalue weighted by molar-refractivity contribution is 7.89. The molecule has 2 aromatic rings. The van der Waals surface area contributed by atoms with Gasteiger partial charge in [0.2, 0.25) is 15.9 Å². The van der Waals surface area contributed by atoms with E-state index in [2.05, 4.69) is 15.6 Å². The second kappa shape index (κ2) is 12.7. The zero-order valence-electron chi connectivity index (χ0n) is 25.2. The molecule has 4 fully saturated rings. The number of hydrogen-bond donors (Lipinski definition) is 2. The summed E-state index contributed by atoms with van der Waals surface area (Å²) in [5, 5.41) is 6.91. The number of amides is 1. The van der Waals surface area contributed by atoms with Gasteiger partial charge in [-0.05, 0) is 50.2 Å². The standard InChI is InChI=1S/C30H37ClF2N6O6S/c31-27-13-19(30(32,33)26-18-43-11-12-44-26)14-28(36-27)37-7-9-38(10-8-37)46(41,42)21-1-2-23-25(15-21)45-17-24-22(16-29(40)39(23)24)35-20-3-5-34-6-4-20/h1-2,13-15,20,22,24,26,34-35H,3-12,16-18H2/t22?,24?,26-/m0/s1. The van der Waals surface area contributed by atoms with E-state index in [0.717, 1.165) is 32.0 Å². The molecule has 1 aromatic heterocycles. The minimum atomic E-state index is -3.91. The second-order valence-electron chi connectivity index (χ2n) is 12.3. The fourth-order valence-corrected chi connectivity index (χ4v) is 8.57. The summed E-state index contributed by atoms with van der Waals surface area (Å²) >= 11 is 6.16. The van der Waals surface area contributed by atoms with Gasteiger partial charge in [-0.2, -0.15) is 13.1 Å². The number of hydrogen-bond acceptors (Lipinski definition) is 10. The van der Waals surface area contributed by atoms with Gasteiger partial charge < -0.3 is 34.6 Å². The Hall–Kier alpha value is -2.66. The largest absolute Gasteiger partial charge is 0.489 e. The van der Waals surface area contributed by atoms with Gasteiger partial charge in [-0.25, -0.2) is 13.4 Å². The fourth-order valence-electron chi connectivity index (χ4n) is 6.92. The van der Waals surface area contributed by atoms with E-state index < -0.39 is 22.0 Å². The number of carbonyl (C=O) groups excluding carboxylic acids is 1. The van der Waals surface area contributed by atoms with Crippen molar-refractivity contribution in [2.45, 2.75) is 54.3 Å². The van der Waals surface area contributed by atoms with Gasteiger partial charge in [0, 0.05) is 56.3 Å². The first-order valence-electron chi connectivity index (χ1n) is 15.7. The molecule has 0 spiro atoms. The van der Waals surface area contributed by atoms with Crippen molar-refractivity contribution in [3.8, 4) is 5.75 Å². The summed E-state index contributed by atoms with van der Waals surface area (Å²) in [5.41, 5.74) is 0.235. The number of piperidine rings is 1. The molecule has 0 aliphatic carbocycles. The molecule has 250 valence electrons. The van der Waals surface area contributed by atoms with E-state index in [-0.39, 0.29) is 92.0 Å². The Balaban J connectivity index is 1.02. The second-order valence-corrected chi connectivity index (χ2v) is 14.6. The van der Waals surface area contributed by atoms with Crippen LogP contribution in [-0.4, -0.2) is 114 Å². The number of halogens is 3. The molecule has 12 nitrogen and oxygen atoms in total. The monoisotopic (exact) mass is 682 g/mol. The minimum Gasteiger partial charge on any atom is -0.489 e. The number of fused-ring (bicyclic) bond motifs is 3. The van der Waals surface area contributed by atoms with Crippen LogP contribution in [0.2, 0.25) is 5.15 Å². The van der Waals surface area contributed by atoms with Gasteiger partial charge in [-0.15, -0.1) is 0 Å². The molecule has 5 aliphatic heterocycles. The smallest absolute Gasteiger partial charge is 0.301 e. The van der Waals surface area contributed by atoms with Crippen molar-refractivity contribution in [1.82, 2.24) is 19.9 Å². The van der Waals surface area contributed by atoms with E-state index in [1.807, 2.05) is 0 Å². The maximum Gasteiger partial charge on any atom is 0.301 e. The molecule has 16 heteroatoms. The third-order valence-corrected chi connectivity index (χ3v) is 11.5. The zero-order chi connectivity index (χ0) is 32.1. The molecule has 4 saturated heterocycles. The van der Waals surface area contributed by atoms with Crippen LogP contribution in [0.15, 0.2) is 35.2 Å². The summed E-state index contributed by atoms with van der Waals surface area (Å²) in [6.45, 7) is 2.92. The molecular formula is C30H37ClF2N6O6S. The molecule has 46 heavy (non-hydrogen) atoms. The highest BCUT2D eigenvalue weighted by Crippen LogP contribution is 2.41. The predicted octanol–water partition coefficient (Wildman–Crippen LogP) is 1.96. The predicted molar refractivity (Wildman–Crippen MR) is 165 cm³/mol. The molecular weight excluding hydrogens is 646 g/mol. The van der Waals surface area contributed by atoms with E-state index in [1.54, 1.807) is 15.9 Å². The lowest BCUT2D eigenvalue weighted by Gasteiger charge is -2.37. The van der Waals surface area contributed by atoms with Crippen LogP contribution in [-0.2, 0) is 30.2 Å². The maximum absolute atomic E-state index is 15.3. The lowest BCUT2D eigenvalue weighted by atomic mass is 10.0. The first-order valence-corrected chi connectivity index (χ1v) is 17.5. The number of nitrogens with zero attached hydrogens (tertiary/aromatic N) is 4. The summed E-state index contributed by atoms with van der Waals surface area (Å²) in [7, 11) is -3.91. The number of piperazine rings is 1. The highest BCUT2D eigenvalue weighted by atomic mass is 35.5. The molecule has 7 rings (SSSR count). The van der Waals surface area contributed by atoms with E-state index in [1.165, 1.54) is 22.5 Å².